The monoisotopic (exact) mass is 353 g/mol. The first-order valence-corrected chi connectivity index (χ1v) is 9.44. The number of allylic oxidation sites excluding steroid dienone is 2. The predicted molar refractivity (Wildman–Crippen MR) is 101 cm³/mol. The van der Waals surface area contributed by atoms with Gasteiger partial charge in [0.15, 0.2) is 0 Å². The van der Waals surface area contributed by atoms with Gasteiger partial charge in [-0.05, 0) is 19.3 Å². The minimum absolute atomic E-state index is 0.103. The summed E-state index contributed by atoms with van der Waals surface area (Å²) in [5, 5.41) is 18.3. The van der Waals surface area contributed by atoms with Crippen molar-refractivity contribution in [3.05, 3.63) is 24.3 Å². The van der Waals surface area contributed by atoms with Gasteiger partial charge >= 0.3 is 5.97 Å². The van der Waals surface area contributed by atoms with Crippen molar-refractivity contribution in [3.63, 3.8) is 0 Å². The molecule has 0 rings (SSSR count). The molecule has 5 heteroatoms. The number of amides is 1. The molecule has 0 radical (unpaired) electrons. The summed E-state index contributed by atoms with van der Waals surface area (Å²) in [7, 11) is 1.78. The average Bonchev–Trinajstić information content (AvgIpc) is 2.57. The maximum absolute atomic E-state index is 11.9. The summed E-state index contributed by atoms with van der Waals surface area (Å²) in [6.07, 6.45) is 15.1. The van der Waals surface area contributed by atoms with Crippen LogP contribution in [0, 0.1) is 0 Å². The highest BCUT2D eigenvalue weighted by Crippen LogP contribution is 2.07. The topological polar surface area (TPSA) is 77.8 Å². The first-order chi connectivity index (χ1) is 12.0. The SMILES string of the molecule is CCCCCC(O)/C=C/C=C/CN(C)C(=O)CCCCCCC(=O)O. The Hall–Kier alpha value is -1.62. The van der Waals surface area contributed by atoms with E-state index in [-0.39, 0.29) is 12.3 Å². The van der Waals surface area contributed by atoms with Gasteiger partial charge in [0.1, 0.15) is 0 Å². The number of hydrogen-bond donors (Lipinski definition) is 2. The minimum Gasteiger partial charge on any atom is -0.481 e. The van der Waals surface area contributed by atoms with Gasteiger partial charge in [0, 0.05) is 26.4 Å². The summed E-state index contributed by atoms with van der Waals surface area (Å²) in [4.78, 5) is 24.0. The first kappa shape index (κ1) is 23.4. The number of hydrogen-bond acceptors (Lipinski definition) is 3. The van der Waals surface area contributed by atoms with Crippen LogP contribution in [0.5, 0.6) is 0 Å². The van der Waals surface area contributed by atoms with Crippen molar-refractivity contribution >= 4 is 11.9 Å². The molecule has 0 saturated heterocycles. The van der Waals surface area contributed by atoms with Crippen molar-refractivity contribution in [1.29, 1.82) is 0 Å². The molecule has 1 atom stereocenters. The molecular weight excluding hydrogens is 318 g/mol. The Morgan fingerprint density at radius 2 is 1.68 bits per heavy atom. The van der Waals surface area contributed by atoms with E-state index in [1.165, 1.54) is 0 Å². The van der Waals surface area contributed by atoms with E-state index < -0.39 is 12.1 Å². The van der Waals surface area contributed by atoms with Gasteiger partial charge in [-0.15, -0.1) is 0 Å². The predicted octanol–water partition coefficient (Wildman–Crippen LogP) is 3.92. The second kappa shape index (κ2) is 15.9. The van der Waals surface area contributed by atoms with Gasteiger partial charge in [0.05, 0.1) is 6.10 Å². The quantitative estimate of drug-likeness (QED) is 0.345. The third kappa shape index (κ3) is 15.6. The Morgan fingerprint density at radius 1 is 1.00 bits per heavy atom. The Labute approximate surface area is 152 Å². The molecule has 0 fully saturated rings. The standard InChI is InChI=1S/C20H35NO4/c1-3-4-8-13-18(22)14-9-7-12-17-21(2)19(23)15-10-5-6-11-16-20(24)25/h7,9,12,14,18,22H,3-6,8,10-11,13,15-17H2,1-2H3,(H,24,25)/b12-7+,14-9+. The van der Waals surface area contributed by atoms with Crippen molar-refractivity contribution < 1.29 is 19.8 Å². The molecule has 1 amide bonds. The van der Waals surface area contributed by atoms with Crippen molar-refractivity contribution in [3.8, 4) is 0 Å². The zero-order chi connectivity index (χ0) is 18.9. The number of carboxylic acid groups (broad SMARTS) is 1. The fourth-order valence-electron chi connectivity index (χ4n) is 2.39. The van der Waals surface area contributed by atoms with E-state index in [1.807, 2.05) is 18.2 Å². The number of nitrogens with zero attached hydrogens (tertiary/aromatic N) is 1. The number of rotatable bonds is 15. The molecule has 0 aromatic carbocycles. The third-order valence-electron chi connectivity index (χ3n) is 4.02. The van der Waals surface area contributed by atoms with Gasteiger partial charge in [-0.2, -0.15) is 0 Å². The summed E-state index contributed by atoms with van der Waals surface area (Å²) in [5.41, 5.74) is 0. The molecule has 1 unspecified atom stereocenters. The number of aliphatic carboxylic acids is 1. The second-order valence-corrected chi connectivity index (χ2v) is 6.46. The smallest absolute Gasteiger partial charge is 0.303 e. The maximum atomic E-state index is 11.9. The van der Waals surface area contributed by atoms with Crippen LogP contribution in [-0.4, -0.2) is 46.7 Å². The molecule has 144 valence electrons. The lowest BCUT2D eigenvalue weighted by Crippen LogP contribution is -2.26. The molecule has 0 aromatic rings. The summed E-state index contributed by atoms with van der Waals surface area (Å²) in [5.74, 6) is -0.656. The molecule has 2 N–H and O–H groups in total. The van der Waals surface area contributed by atoms with Crippen molar-refractivity contribution in [2.75, 3.05) is 13.6 Å². The molecular formula is C20H35NO4. The fraction of sp³-hybridized carbons (Fsp3) is 0.700. The van der Waals surface area contributed by atoms with E-state index in [2.05, 4.69) is 6.92 Å². The van der Waals surface area contributed by atoms with Crippen LogP contribution >= 0.6 is 0 Å². The van der Waals surface area contributed by atoms with Gasteiger partial charge in [0.2, 0.25) is 5.91 Å². The molecule has 25 heavy (non-hydrogen) atoms. The molecule has 0 aliphatic carbocycles. The summed E-state index contributed by atoms with van der Waals surface area (Å²) >= 11 is 0. The van der Waals surface area contributed by atoms with Crippen molar-refractivity contribution in [2.45, 2.75) is 77.2 Å². The van der Waals surface area contributed by atoms with Crippen molar-refractivity contribution in [2.24, 2.45) is 0 Å². The van der Waals surface area contributed by atoms with Crippen LogP contribution in [0.1, 0.15) is 71.1 Å². The minimum atomic E-state index is -0.759. The zero-order valence-electron chi connectivity index (χ0n) is 15.8. The maximum Gasteiger partial charge on any atom is 0.303 e. The second-order valence-electron chi connectivity index (χ2n) is 6.46. The number of carboxylic acids is 1. The fourth-order valence-corrected chi connectivity index (χ4v) is 2.39. The molecule has 0 aliphatic rings. The first-order valence-electron chi connectivity index (χ1n) is 9.44. The van der Waals surface area contributed by atoms with Crippen molar-refractivity contribution in [1.82, 2.24) is 4.90 Å². The molecule has 0 spiro atoms. The van der Waals surface area contributed by atoms with Crippen LogP contribution in [0.25, 0.3) is 0 Å². The Morgan fingerprint density at radius 3 is 2.32 bits per heavy atom. The molecule has 0 heterocycles. The largest absolute Gasteiger partial charge is 0.481 e. The lowest BCUT2D eigenvalue weighted by atomic mass is 10.1. The van der Waals surface area contributed by atoms with E-state index in [9.17, 15) is 14.7 Å². The third-order valence-corrected chi connectivity index (χ3v) is 4.02. The van der Waals surface area contributed by atoms with E-state index in [1.54, 1.807) is 18.0 Å². The highest BCUT2D eigenvalue weighted by Gasteiger charge is 2.06. The highest BCUT2D eigenvalue weighted by atomic mass is 16.4. The normalized spacial score (nSPS) is 12.8. The van der Waals surface area contributed by atoms with Gasteiger partial charge in [0.25, 0.3) is 0 Å². The van der Waals surface area contributed by atoms with Gasteiger partial charge in [-0.1, -0.05) is 63.3 Å². The van der Waals surface area contributed by atoms with Crippen LogP contribution in [0.2, 0.25) is 0 Å². The Balaban J connectivity index is 3.76. The van der Waals surface area contributed by atoms with Gasteiger partial charge in [-0.25, -0.2) is 0 Å². The summed E-state index contributed by atoms with van der Waals surface area (Å²) in [6, 6.07) is 0. The number of likely N-dealkylation sites (N-methyl/N-ethyl adjacent to an activating group) is 1. The Bertz CT molecular complexity index is 418. The Kier molecular flexibility index (Phi) is 14.9. The van der Waals surface area contributed by atoms with Gasteiger partial charge < -0.3 is 15.1 Å². The van der Waals surface area contributed by atoms with Crippen LogP contribution in [0.15, 0.2) is 24.3 Å². The molecule has 0 saturated carbocycles. The van der Waals surface area contributed by atoms with E-state index >= 15 is 0 Å². The number of carbonyl (C=O) groups excluding carboxylic acids is 1. The average molecular weight is 354 g/mol. The van der Waals surface area contributed by atoms with Crippen LogP contribution < -0.4 is 0 Å². The number of unbranched alkanes of at least 4 members (excludes halogenated alkanes) is 5. The van der Waals surface area contributed by atoms with E-state index in [4.69, 9.17) is 5.11 Å². The highest BCUT2D eigenvalue weighted by molar-refractivity contribution is 5.75. The number of carbonyl (C=O) groups is 2. The number of aliphatic hydroxyl groups is 1. The lowest BCUT2D eigenvalue weighted by Gasteiger charge is -2.14. The molecule has 0 bridgehead atoms. The van der Waals surface area contributed by atoms with Crippen LogP contribution in [0.4, 0.5) is 0 Å². The molecule has 0 aliphatic heterocycles. The molecule has 5 nitrogen and oxygen atoms in total. The number of aliphatic hydroxyl groups excluding tert-OH is 1. The summed E-state index contributed by atoms with van der Waals surface area (Å²) in [6.45, 7) is 2.69. The van der Waals surface area contributed by atoms with Gasteiger partial charge in [-0.3, -0.25) is 9.59 Å². The zero-order valence-corrected chi connectivity index (χ0v) is 15.8. The lowest BCUT2D eigenvalue weighted by molar-refractivity contribution is -0.137. The molecule has 0 aromatic heterocycles. The van der Waals surface area contributed by atoms with E-state index in [0.29, 0.717) is 19.4 Å². The van der Waals surface area contributed by atoms with Crippen LogP contribution in [0.3, 0.4) is 0 Å². The van der Waals surface area contributed by atoms with Crippen LogP contribution in [-0.2, 0) is 9.59 Å². The van der Waals surface area contributed by atoms with E-state index in [0.717, 1.165) is 44.9 Å². The summed E-state index contributed by atoms with van der Waals surface area (Å²) < 4.78 is 0.